The molecule has 1 aromatic carbocycles. The second-order valence-corrected chi connectivity index (χ2v) is 8.42. The van der Waals surface area contributed by atoms with E-state index in [-0.39, 0.29) is 5.25 Å². The summed E-state index contributed by atoms with van der Waals surface area (Å²) >= 11 is 1.42. The molecule has 0 fully saturated rings. The van der Waals surface area contributed by atoms with Crippen molar-refractivity contribution in [3.63, 3.8) is 0 Å². The molecule has 3 aromatic rings. The van der Waals surface area contributed by atoms with Crippen LogP contribution in [0.25, 0.3) is 17.0 Å². The van der Waals surface area contributed by atoms with E-state index in [0.29, 0.717) is 11.3 Å². The number of ether oxygens (including phenoxy) is 1. The van der Waals surface area contributed by atoms with Crippen LogP contribution in [0.15, 0.2) is 57.7 Å². The van der Waals surface area contributed by atoms with Gasteiger partial charge in [0.05, 0.1) is 22.1 Å². The van der Waals surface area contributed by atoms with E-state index in [9.17, 15) is 9.59 Å². The number of carbonyl (C=O) groups excluding carboxylic acids is 2. The van der Waals surface area contributed by atoms with E-state index < -0.39 is 11.7 Å². The quantitative estimate of drug-likeness (QED) is 0.553. The summed E-state index contributed by atoms with van der Waals surface area (Å²) in [5, 5.41) is 1.34. The minimum Gasteiger partial charge on any atom is -0.468 e. The van der Waals surface area contributed by atoms with Gasteiger partial charge in [0, 0.05) is 16.5 Å². The fraction of sp³-hybridized carbons (Fsp3) is 0.238. The smallest absolute Gasteiger partial charge is 0.419 e. The predicted octanol–water partition coefficient (Wildman–Crippen LogP) is 5.45. The van der Waals surface area contributed by atoms with Crippen molar-refractivity contribution in [3.05, 3.63) is 59.6 Å². The fourth-order valence-electron chi connectivity index (χ4n) is 3.17. The van der Waals surface area contributed by atoms with Gasteiger partial charge in [-0.2, -0.15) is 0 Å². The van der Waals surface area contributed by atoms with Gasteiger partial charge < -0.3 is 9.15 Å². The number of thioether (sulfide) groups is 1. The lowest BCUT2D eigenvalue weighted by Crippen LogP contribution is -2.27. The molecular weight excluding hydrogens is 362 g/mol. The zero-order chi connectivity index (χ0) is 19.2. The molecule has 1 aliphatic rings. The molecule has 6 heteroatoms. The lowest BCUT2D eigenvalue weighted by molar-refractivity contribution is -0.105. The predicted molar refractivity (Wildman–Crippen MR) is 105 cm³/mol. The number of benzene rings is 1. The molecule has 0 aliphatic carbocycles. The van der Waals surface area contributed by atoms with Gasteiger partial charge >= 0.3 is 6.09 Å². The average Bonchev–Trinajstić information content (AvgIpc) is 3.25. The van der Waals surface area contributed by atoms with Gasteiger partial charge in [0.25, 0.3) is 0 Å². The van der Waals surface area contributed by atoms with Crippen LogP contribution in [0, 0.1) is 0 Å². The monoisotopic (exact) mass is 381 g/mol. The standard InChI is InChI=1S/C21H19NO4S/c1-21(2,3)26-20(24)22-16-8-5-4-7-14(16)15-11-13(12-23)18(27-19(15)22)17-9-6-10-25-17/h4-12,18H,1-3H3/t18-/m0/s1. The molecule has 0 saturated carbocycles. The van der Waals surface area contributed by atoms with Crippen LogP contribution in [0.5, 0.6) is 0 Å². The van der Waals surface area contributed by atoms with Gasteiger partial charge in [-0.05, 0) is 45.0 Å². The first-order valence-electron chi connectivity index (χ1n) is 8.62. The number of hydrogen-bond acceptors (Lipinski definition) is 5. The van der Waals surface area contributed by atoms with Gasteiger partial charge in [-0.1, -0.05) is 30.0 Å². The maximum absolute atomic E-state index is 13.0. The van der Waals surface area contributed by atoms with E-state index in [0.717, 1.165) is 27.8 Å². The van der Waals surface area contributed by atoms with Crippen molar-refractivity contribution >= 4 is 41.1 Å². The van der Waals surface area contributed by atoms with Crippen LogP contribution < -0.4 is 0 Å². The third-order valence-electron chi connectivity index (χ3n) is 4.23. The molecule has 138 valence electrons. The summed E-state index contributed by atoms with van der Waals surface area (Å²) < 4.78 is 12.8. The number of aromatic nitrogens is 1. The van der Waals surface area contributed by atoms with Crippen molar-refractivity contribution in [2.75, 3.05) is 0 Å². The van der Waals surface area contributed by atoms with E-state index in [1.807, 2.05) is 57.2 Å². The SMILES string of the molecule is CC(C)(C)OC(=O)n1c2c(c3ccccc31)C=C(C=O)[C@@H](c1ccco1)S2. The van der Waals surface area contributed by atoms with E-state index in [4.69, 9.17) is 9.15 Å². The van der Waals surface area contributed by atoms with E-state index >= 15 is 0 Å². The van der Waals surface area contributed by atoms with Crippen molar-refractivity contribution in [1.29, 1.82) is 0 Å². The van der Waals surface area contributed by atoms with Crippen molar-refractivity contribution < 1.29 is 18.7 Å². The van der Waals surface area contributed by atoms with Crippen molar-refractivity contribution in [1.82, 2.24) is 4.57 Å². The summed E-state index contributed by atoms with van der Waals surface area (Å²) in [6.45, 7) is 5.52. The third kappa shape index (κ3) is 3.10. The van der Waals surface area contributed by atoms with E-state index in [1.165, 1.54) is 11.8 Å². The zero-order valence-electron chi connectivity index (χ0n) is 15.3. The molecule has 0 saturated heterocycles. The molecule has 1 atom stereocenters. The summed E-state index contributed by atoms with van der Waals surface area (Å²) in [4.78, 5) is 24.7. The van der Waals surface area contributed by atoms with Crippen molar-refractivity contribution in [2.24, 2.45) is 0 Å². The summed E-state index contributed by atoms with van der Waals surface area (Å²) in [5.41, 5.74) is 1.60. The second-order valence-electron chi connectivity index (χ2n) is 7.33. The highest BCUT2D eigenvalue weighted by atomic mass is 32.2. The highest BCUT2D eigenvalue weighted by Crippen LogP contribution is 2.49. The molecular formula is C21H19NO4S. The first-order chi connectivity index (χ1) is 12.9. The van der Waals surface area contributed by atoms with Crippen LogP contribution in [0.1, 0.15) is 37.3 Å². The van der Waals surface area contributed by atoms with Crippen LogP contribution in [0.4, 0.5) is 4.79 Å². The number of rotatable bonds is 2. The Morgan fingerprint density at radius 3 is 2.67 bits per heavy atom. The number of carbonyl (C=O) groups is 2. The largest absolute Gasteiger partial charge is 0.468 e. The van der Waals surface area contributed by atoms with Crippen LogP contribution >= 0.6 is 11.8 Å². The van der Waals surface area contributed by atoms with Crippen molar-refractivity contribution in [3.8, 4) is 0 Å². The second kappa shape index (κ2) is 6.46. The number of aldehydes is 1. The van der Waals surface area contributed by atoms with E-state index in [1.54, 1.807) is 16.9 Å². The Kier molecular flexibility index (Phi) is 4.23. The molecule has 5 nitrogen and oxygen atoms in total. The van der Waals surface area contributed by atoms with Crippen LogP contribution in [-0.2, 0) is 9.53 Å². The summed E-state index contributed by atoms with van der Waals surface area (Å²) in [6.07, 6.45) is 3.84. The van der Waals surface area contributed by atoms with Crippen molar-refractivity contribution in [2.45, 2.75) is 36.6 Å². The molecule has 0 N–H and O–H groups in total. The Bertz CT molecular complexity index is 1050. The van der Waals surface area contributed by atoms with E-state index in [2.05, 4.69) is 0 Å². The Labute approximate surface area is 161 Å². The summed E-state index contributed by atoms with van der Waals surface area (Å²) in [6, 6.07) is 11.3. The number of furan rings is 1. The first-order valence-corrected chi connectivity index (χ1v) is 9.50. The molecule has 0 unspecified atom stereocenters. The molecule has 2 aromatic heterocycles. The minimum atomic E-state index is -0.612. The van der Waals surface area contributed by atoms with Crippen LogP contribution in [-0.4, -0.2) is 22.5 Å². The zero-order valence-corrected chi connectivity index (χ0v) is 16.1. The van der Waals surface area contributed by atoms with Gasteiger partial charge in [0.15, 0.2) is 0 Å². The first kappa shape index (κ1) is 17.7. The maximum Gasteiger partial charge on any atom is 0.419 e. The summed E-state index contributed by atoms with van der Waals surface area (Å²) in [7, 11) is 0. The van der Waals surface area contributed by atoms with Gasteiger partial charge in [-0.15, -0.1) is 0 Å². The molecule has 4 rings (SSSR count). The maximum atomic E-state index is 13.0. The molecule has 0 radical (unpaired) electrons. The van der Waals surface area contributed by atoms with Crippen LogP contribution in [0.2, 0.25) is 0 Å². The molecule has 0 bridgehead atoms. The Morgan fingerprint density at radius 2 is 2.00 bits per heavy atom. The lowest BCUT2D eigenvalue weighted by Gasteiger charge is -2.23. The van der Waals surface area contributed by atoms with Gasteiger partial charge in [0.1, 0.15) is 17.6 Å². The minimum absolute atomic E-state index is 0.310. The topological polar surface area (TPSA) is 61.4 Å². The lowest BCUT2D eigenvalue weighted by atomic mass is 10.1. The van der Waals surface area contributed by atoms with Gasteiger partial charge in [-0.25, -0.2) is 9.36 Å². The summed E-state index contributed by atoms with van der Waals surface area (Å²) in [5.74, 6) is 0.671. The molecule has 27 heavy (non-hydrogen) atoms. The van der Waals surface area contributed by atoms with Crippen LogP contribution in [0.3, 0.4) is 0 Å². The molecule has 1 aliphatic heterocycles. The normalized spacial score (nSPS) is 16.7. The fourth-order valence-corrected chi connectivity index (χ4v) is 4.47. The average molecular weight is 381 g/mol. The molecule has 0 amide bonds. The highest BCUT2D eigenvalue weighted by molar-refractivity contribution is 7.99. The number of hydrogen-bond donors (Lipinski definition) is 0. The Morgan fingerprint density at radius 1 is 1.22 bits per heavy atom. The number of para-hydroxylation sites is 1. The molecule has 0 spiro atoms. The molecule has 3 heterocycles. The number of fused-ring (bicyclic) bond motifs is 3. The number of nitrogens with zero attached hydrogens (tertiary/aromatic N) is 1. The highest BCUT2D eigenvalue weighted by Gasteiger charge is 2.33. The Hall–Kier alpha value is -2.73. The third-order valence-corrected chi connectivity index (χ3v) is 5.59. The van der Waals surface area contributed by atoms with Gasteiger partial charge in [-0.3, -0.25) is 4.79 Å². The Balaban J connectivity index is 1.92. The van der Waals surface area contributed by atoms with Gasteiger partial charge in [0.2, 0.25) is 0 Å².